The minimum atomic E-state index is -0.385. The third kappa shape index (κ3) is 9.72. The van der Waals surface area contributed by atoms with E-state index in [9.17, 15) is 0 Å². The Hall–Kier alpha value is -0.580. The summed E-state index contributed by atoms with van der Waals surface area (Å²) in [7, 11) is 0. The molecule has 1 atom stereocenters. The van der Waals surface area contributed by atoms with Crippen LogP contribution in [-0.2, 0) is 18.9 Å². The molecule has 0 aromatic rings. The van der Waals surface area contributed by atoms with Gasteiger partial charge < -0.3 is 18.9 Å². The van der Waals surface area contributed by atoms with Gasteiger partial charge in [0.15, 0.2) is 0 Å². The molecular weight excluding hydrogens is 196 g/mol. The Morgan fingerprint density at radius 3 is 2.40 bits per heavy atom. The Kier molecular flexibility index (Phi) is 9.57. The second kappa shape index (κ2) is 9.96. The van der Waals surface area contributed by atoms with Crippen molar-refractivity contribution in [1.29, 1.82) is 0 Å². The highest BCUT2D eigenvalue weighted by molar-refractivity contribution is 4.54. The lowest BCUT2D eigenvalue weighted by molar-refractivity contribution is -0.164. The standard InChI is InChI=1S/C11H22O4/c1-5-12-7-8-13-9-11(14-6-2)15-10(3)4/h6,10-11H,2,5,7-9H2,1,3-4H3. The summed E-state index contributed by atoms with van der Waals surface area (Å²) in [5, 5.41) is 0. The van der Waals surface area contributed by atoms with Crippen molar-refractivity contribution in [1.82, 2.24) is 0 Å². The molecule has 0 fully saturated rings. The molecule has 0 heterocycles. The summed E-state index contributed by atoms with van der Waals surface area (Å²) in [4.78, 5) is 0. The van der Waals surface area contributed by atoms with E-state index in [1.807, 2.05) is 20.8 Å². The van der Waals surface area contributed by atoms with Gasteiger partial charge in [0, 0.05) is 6.61 Å². The molecule has 0 spiro atoms. The topological polar surface area (TPSA) is 36.9 Å². The summed E-state index contributed by atoms with van der Waals surface area (Å²) >= 11 is 0. The molecule has 0 saturated heterocycles. The molecule has 15 heavy (non-hydrogen) atoms. The highest BCUT2D eigenvalue weighted by Crippen LogP contribution is 2.01. The summed E-state index contributed by atoms with van der Waals surface area (Å²) in [6.45, 7) is 11.6. The molecular formula is C11H22O4. The molecule has 1 unspecified atom stereocenters. The third-order valence-electron chi connectivity index (χ3n) is 1.50. The number of hydrogen-bond donors (Lipinski definition) is 0. The maximum atomic E-state index is 5.44. The average Bonchev–Trinajstić information content (AvgIpc) is 2.17. The van der Waals surface area contributed by atoms with Crippen LogP contribution in [0.5, 0.6) is 0 Å². The van der Waals surface area contributed by atoms with Gasteiger partial charge in [-0.1, -0.05) is 6.58 Å². The van der Waals surface area contributed by atoms with Crippen LogP contribution in [0, 0.1) is 0 Å². The average molecular weight is 218 g/mol. The van der Waals surface area contributed by atoms with Gasteiger partial charge in [-0.05, 0) is 20.8 Å². The smallest absolute Gasteiger partial charge is 0.222 e. The van der Waals surface area contributed by atoms with Gasteiger partial charge in [0.1, 0.15) is 6.61 Å². The van der Waals surface area contributed by atoms with Crippen LogP contribution in [0.2, 0.25) is 0 Å². The zero-order chi connectivity index (χ0) is 11.5. The van der Waals surface area contributed by atoms with Crippen LogP contribution in [0.15, 0.2) is 12.8 Å². The summed E-state index contributed by atoms with van der Waals surface area (Å²) in [5.41, 5.74) is 0. The summed E-state index contributed by atoms with van der Waals surface area (Å²) < 4.78 is 21.0. The van der Waals surface area contributed by atoms with Crippen LogP contribution in [0.1, 0.15) is 20.8 Å². The Labute approximate surface area is 92.2 Å². The van der Waals surface area contributed by atoms with Gasteiger partial charge in [-0.25, -0.2) is 0 Å². The van der Waals surface area contributed by atoms with E-state index in [4.69, 9.17) is 18.9 Å². The zero-order valence-electron chi connectivity index (χ0n) is 9.90. The van der Waals surface area contributed by atoms with E-state index in [1.54, 1.807) is 0 Å². The van der Waals surface area contributed by atoms with Crippen LogP contribution in [0.25, 0.3) is 0 Å². The minimum Gasteiger partial charge on any atom is -0.471 e. The molecule has 0 bridgehead atoms. The van der Waals surface area contributed by atoms with Crippen LogP contribution in [0.3, 0.4) is 0 Å². The molecule has 0 amide bonds. The Bertz CT molecular complexity index is 148. The van der Waals surface area contributed by atoms with Gasteiger partial charge in [-0.3, -0.25) is 0 Å². The Balaban J connectivity index is 3.52. The number of ether oxygens (including phenoxy) is 4. The van der Waals surface area contributed by atoms with Crippen molar-refractivity contribution >= 4 is 0 Å². The van der Waals surface area contributed by atoms with E-state index >= 15 is 0 Å². The monoisotopic (exact) mass is 218 g/mol. The van der Waals surface area contributed by atoms with Gasteiger partial charge in [0.25, 0.3) is 0 Å². The normalized spacial score (nSPS) is 12.8. The van der Waals surface area contributed by atoms with Crippen molar-refractivity contribution in [2.45, 2.75) is 33.2 Å². The molecule has 0 aliphatic heterocycles. The third-order valence-corrected chi connectivity index (χ3v) is 1.50. The lowest BCUT2D eigenvalue weighted by Crippen LogP contribution is -2.25. The molecule has 90 valence electrons. The fraction of sp³-hybridized carbons (Fsp3) is 0.818. The van der Waals surface area contributed by atoms with E-state index in [0.717, 1.165) is 0 Å². The van der Waals surface area contributed by atoms with Crippen molar-refractivity contribution in [3.63, 3.8) is 0 Å². The summed E-state index contributed by atoms with van der Waals surface area (Å²) in [5.74, 6) is 0. The number of rotatable bonds is 10. The second-order valence-electron chi connectivity index (χ2n) is 3.19. The quantitative estimate of drug-likeness (QED) is 0.319. The van der Waals surface area contributed by atoms with E-state index in [0.29, 0.717) is 26.4 Å². The first kappa shape index (κ1) is 14.4. The summed E-state index contributed by atoms with van der Waals surface area (Å²) in [6.07, 6.45) is 1.08. The van der Waals surface area contributed by atoms with Gasteiger partial charge in [0.2, 0.25) is 6.29 Å². The van der Waals surface area contributed by atoms with E-state index in [-0.39, 0.29) is 12.4 Å². The van der Waals surface area contributed by atoms with E-state index < -0.39 is 0 Å². The first-order valence-corrected chi connectivity index (χ1v) is 5.28. The lowest BCUT2D eigenvalue weighted by Gasteiger charge is -2.19. The van der Waals surface area contributed by atoms with E-state index in [1.165, 1.54) is 6.26 Å². The van der Waals surface area contributed by atoms with Gasteiger partial charge in [-0.2, -0.15) is 0 Å². The van der Waals surface area contributed by atoms with Gasteiger partial charge >= 0.3 is 0 Å². The first-order valence-electron chi connectivity index (χ1n) is 5.28. The maximum Gasteiger partial charge on any atom is 0.222 e. The van der Waals surface area contributed by atoms with Crippen LogP contribution >= 0.6 is 0 Å². The lowest BCUT2D eigenvalue weighted by atomic mass is 10.5. The van der Waals surface area contributed by atoms with Gasteiger partial charge in [-0.15, -0.1) is 0 Å². The molecule has 0 aromatic carbocycles. The molecule has 0 N–H and O–H groups in total. The second-order valence-corrected chi connectivity index (χ2v) is 3.19. The molecule has 0 rings (SSSR count). The van der Waals surface area contributed by atoms with Crippen molar-refractivity contribution in [2.75, 3.05) is 26.4 Å². The van der Waals surface area contributed by atoms with Crippen molar-refractivity contribution in [3.05, 3.63) is 12.8 Å². The number of hydrogen-bond acceptors (Lipinski definition) is 4. The molecule has 0 radical (unpaired) electrons. The van der Waals surface area contributed by atoms with E-state index in [2.05, 4.69) is 6.58 Å². The predicted octanol–water partition coefficient (Wildman–Crippen LogP) is 1.95. The fourth-order valence-electron chi connectivity index (χ4n) is 0.963. The molecule has 0 aromatic heterocycles. The van der Waals surface area contributed by atoms with Gasteiger partial charge in [0.05, 0.1) is 25.6 Å². The molecule has 4 nitrogen and oxygen atoms in total. The van der Waals surface area contributed by atoms with Crippen LogP contribution < -0.4 is 0 Å². The fourth-order valence-corrected chi connectivity index (χ4v) is 0.963. The van der Waals surface area contributed by atoms with Crippen LogP contribution in [0.4, 0.5) is 0 Å². The maximum absolute atomic E-state index is 5.44. The van der Waals surface area contributed by atoms with Crippen molar-refractivity contribution in [2.24, 2.45) is 0 Å². The predicted molar refractivity (Wildman–Crippen MR) is 58.6 cm³/mol. The Morgan fingerprint density at radius 2 is 1.87 bits per heavy atom. The highest BCUT2D eigenvalue weighted by atomic mass is 16.7. The van der Waals surface area contributed by atoms with Crippen LogP contribution in [-0.4, -0.2) is 38.8 Å². The largest absolute Gasteiger partial charge is 0.471 e. The highest BCUT2D eigenvalue weighted by Gasteiger charge is 2.10. The molecule has 0 saturated carbocycles. The summed E-state index contributed by atoms with van der Waals surface area (Å²) in [6, 6.07) is 0. The molecule has 0 aliphatic rings. The van der Waals surface area contributed by atoms with Crippen molar-refractivity contribution in [3.8, 4) is 0 Å². The first-order chi connectivity index (χ1) is 7.20. The minimum absolute atomic E-state index is 0.102. The molecule has 0 aliphatic carbocycles. The van der Waals surface area contributed by atoms with Crippen molar-refractivity contribution < 1.29 is 18.9 Å². The molecule has 4 heteroatoms. The SMILES string of the molecule is C=COC(COCCOCC)OC(C)C. The zero-order valence-corrected chi connectivity index (χ0v) is 9.90. The Morgan fingerprint density at radius 1 is 1.20 bits per heavy atom.